The predicted molar refractivity (Wildman–Crippen MR) is 77.7 cm³/mol. The highest BCUT2D eigenvalue weighted by Crippen LogP contribution is 2.22. The molecule has 1 heterocycles. The molecule has 0 atom stereocenters. The topological polar surface area (TPSA) is 18.5 Å². The third kappa shape index (κ3) is 4.70. The Morgan fingerprint density at radius 2 is 2.15 bits per heavy atom. The van der Waals surface area contributed by atoms with Gasteiger partial charge in [0.2, 0.25) is 0 Å². The van der Waals surface area contributed by atoms with Gasteiger partial charge in [0.05, 0.1) is 12.2 Å². The van der Waals surface area contributed by atoms with Gasteiger partial charge in [-0.15, -0.1) is 11.6 Å². The van der Waals surface area contributed by atoms with Crippen LogP contribution in [0.25, 0.3) is 0 Å². The highest BCUT2D eigenvalue weighted by atomic mass is 35.5. The number of alkyl halides is 1. The molecule has 0 saturated carbocycles. The van der Waals surface area contributed by atoms with Gasteiger partial charge in [0.25, 0.3) is 0 Å². The van der Waals surface area contributed by atoms with E-state index >= 15 is 0 Å². The van der Waals surface area contributed by atoms with E-state index in [0.29, 0.717) is 36.1 Å². The van der Waals surface area contributed by atoms with Crippen molar-refractivity contribution in [3.63, 3.8) is 0 Å². The molecule has 1 aliphatic heterocycles. The number of ether oxygens (including phenoxy) is 2. The molecule has 108 valence electrons. The first-order chi connectivity index (χ1) is 9.79. The Bertz CT molecular complexity index is 487. The van der Waals surface area contributed by atoms with E-state index in [4.69, 9.17) is 21.1 Å². The van der Waals surface area contributed by atoms with Crippen LogP contribution in [0.1, 0.15) is 24.8 Å². The smallest absolute Gasteiger partial charge is 0.135 e. The molecule has 0 amide bonds. The molecule has 0 unspecified atom stereocenters. The summed E-state index contributed by atoms with van der Waals surface area (Å²) in [5.74, 6) is 7.13. The lowest BCUT2D eigenvalue weighted by Gasteiger charge is -2.22. The Morgan fingerprint density at radius 1 is 1.35 bits per heavy atom. The summed E-state index contributed by atoms with van der Waals surface area (Å²) in [6, 6.07) is 4.44. The molecule has 2 nitrogen and oxygen atoms in total. The highest BCUT2D eigenvalue weighted by molar-refractivity contribution is 6.18. The lowest BCUT2D eigenvalue weighted by Crippen LogP contribution is -2.21. The number of benzene rings is 1. The summed E-state index contributed by atoms with van der Waals surface area (Å²) >= 11 is 5.58. The summed E-state index contributed by atoms with van der Waals surface area (Å²) in [7, 11) is 0. The van der Waals surface area contributed by atoms with E-state index in [1.165, 1.54) is 12.1 Å². The van der Waals surface area contributed by atoms with E-state index in [0.717, 1.165) is 26.1 Å². The van der Waals surface area contributed by atoms with Gasteiger partial charge in [-0.1, -0.05) is 11.8 Å². The van der Waals surface area contributed by atoms with Crippen molar-refractivity contribution < 1.29 is 13.9 Å². The van der Waals surface area contributed by atoms with Crippen molar-refractivity contribution in [3.8, 4) is 17.6 Å². The van der Waals surface area contributed by atoms with E-state index in [2.05, 4.69) is 11.8 Å². The van der Waals surface area contributed by atoms with Gasteiger partial charge < -0.3 is 9.47 Å². The van der Waals surface area contributed by atoms with E-state index in [9.17, 15) is 4.39 Å². The summed E-state index contributed by atoms with van der Waals surface area (Å²) in [4.78, 5) is 0. The molecule has 1 aliphatic rings. The minimum atomic E-state index is -0.307. The van der Waals surface area contributed by atoms with E-state index in [1.807, 2.05) is 0 Å². The Kier molecular flexibility index (Phi) is 6.17. The molecule has 0 bridgehead atoms. The largest absolute Gasteiger partial charge is 0.492 e. The summed E-state index contributed by atoms with van der Waals surface area (Å²) in [5.41, 5.74) is 0.585. The first-order valence-electron chi connectivity index (χ1n) is 6.84. The molecule has 20 heavy (non-hydrogen) atoms. The summed E-state index contributed by atoms with van der Waals surface area (Å²) in [6.07, 6.45) is 2.60. The normalized spacial score (nSPS) is 15.5. The molecule has 1 fully saturated rings. The molecule has 1 aromatic carbocycles. The molecule has 0 spiro atoms. The van der Waals surface area contributed by atoms with Crippen molar-refractivity contribution in [2.24, 2.45) is 5.92 Å². The first-order valence-corrected chi connectivity index (χ1v) is 7.38. The van der Waals surface area contributed by atoms with Gasteiger partial charge in [-0.3, -0.25) is 0 Å². The maximum Gasteiger partial charge on any atom is 0.135 e. The molecular formula is C16H18ClFO2. The van der Waals surface area contributed by atoms with Crippen LogP contribution in [-0.4, -0.2) is 25.7 Å². The van der Waals surface area contributed by atoms with Crippen molar-refractivity contribution in [2.75, 3.05) is 25.7 Å². The Labute approximate surface area is 124 Å². The van der Waals surface area contributed by atoms with Crippen molar-refractivity contribution >= 4 is 11.6 Å². The fraction of sp³-hybridized carbons (Fsp3) is 0.500. The highest BCUT2D eigenvalue weighted by Gasteiger charge is 2.15. The molecule has 1 saturated heterocycles. The molecular weight excluding hydrogens is 279 g/mol. The van der Waals surface area contributed by atoms with Crippen LogP contribution in [0.5, 0.6) is 5.75 Å². The molecule has 0 aliphatic carbocycles. The zero-order valence-electron chi connectivity index (χ0n) is 11.3. The Hall–Kier alpha value is -1.24. The number of hydrogen-bond donors (Lipinski definition) is 0. The SMILES string of the molecule is Fc1ccc(OCC2CCOCC2)c(C#CCCCl)c1. The zero-order valence-corrected chi connectivity index (χ0v) is 12.1. The van der Waals surface area contributed by atoms with E-state index < -0.39 is 0 Å². The average molecular weight is 297 g/mol. The van der Waals surface area contributed by atoms with Gasteiger partial charge in [0.1, 0.15) is 11.6 Å². The number of hydrogen-bond acceptors (Lipinski definition) is 2. The summed E-state index contributed by atoms with van der Waals surface area (Å²) < 4.78 is 24.4. The van der Waals surface area contributed by atoms with Gasteiger partial charge >= 0.3 is 0 Å². The van der Waals surface area contributed by atoms with Gasteiger partial charge in [0.15, 0.2) is 0 Å². The maximum absolute atomic E-state index is 13.3. The third-order valence-corrected chi connectivity index (χ3v) is 3.39. The second-order valence-electron chi connectivity index (χ2n) is 4.75. The van der Waals surface area contributed by atoms with Gasteiger partial charge in [-0.2, -0.15) is 0 Å². The zero-order chi connectivity index (χ0) is 14.2. The Balaban J connectivity index is 2.00. The average Bonchev–Trinajstić information content (AvgIpc) is 2.48. The second-order valence-corrected chi connectivity index (χ2v) is 5.13. The Morgan fingerprint density at radius 3 is 2.90 bits per heavy atom. The quantitative estimate of drug-likeness (QED) is 0.624. The van der Waals surface area contributed by atoms with Crippen LogP contribution in [-0.2, 0) is 4.74 Å². The van der Waals surface area contributed by atoms with Gasteiger partial charge in [-0.25, -0.2) is 4.39 Å². The van der Waals surface area contributed by atoms with Crippen LogP contribution >= 0.6 is 11.6 Å². The lowest BCUT2D eigenvalue weighted by molar-refractivity contribution is 0.0497. The lowest BCUT2D eigenvalue weighted by atomic mass is 10.0. The van der Waals surface area contributed by atoms with Crippen LogP contribution in [0.2, 0.25) is 0 Å². The van der Waals surface area contributed by atoms with Crippen LogP contribution in [0, 0.1) is 23.6 Å². The van der Waals surface area contributed by atoms with Crippen molar-refractivity contribution in [1.82, 2.24) is 0 Å². The van der Waals surface area contributed by atoms with E-state index in [1.54, 1.807) is 6.07 Å². The number of rotatable bonds is 4. The van der Waals surface area contributed by atoms with Crippen molar-refractivity contribution in [3.05, 3.63) is 29.6 Å². The van der Waals surface area contributed by atoms with Crippen LogP contribution in [0.4, 0.5) is 4.39 Å². The summed E-state index contributed by atoms with van der Waals surface area (Å²) in [6.45, 7) is 2.21. The molecule has 2 rings (SSSR count). The molecule has 0 N–H and O–H groups in total. The van der Waals surface area contributed by atoms with Gasteiger partial charge in [0, 0.05) is 25.5 Å². The second kappa shape index (κ2) is 8.14. The predicted octanol–water partition coefficient (Wildman–Crippen LogP) is 3.61. The first kappa shape index (κ1) is 15.2. The minimum absolute atomic E-state index is 0.307. The van der Waals surface area contributed by atoms with Crippen LogP contribution < -0.4 is 4.74 Å². The standard InChI is InChI=1S/C16H18ClFO2/c17-8-2-1-3-14-11-15(18)4-5-16(14)20-12-13-6-9-19-10-7-13/h4-5,11,13H,2,6-10,12H2. The molecule has 1 aromatic rings. The van der Waals surface area contributed by atoms with Crippen molar-refractivity contribution in [1.29, 1.82) is 0 Å². The van der Waals surface area contributed by atoms with Crippen molar-refractivity contribution in [2.45, 2.75) is 19.3 Å². The summed E-state index contributed by atoms with van der Waals surface area (Å²) in [5, 5.41) is 0. The minimum Gasteiger partial charge on any atom is -0.492 e. The van der Waals surface area contributed by atoms with Crippen LogP contribution in [0.3, 0.4) is 0 Å². The molecule has 0 aromatic heterocycles. The fourth-order valence-electron chi connectivity index (χ4n) is 2.05. The maximum atomic E-state index is 13.3. The number of halogens is 2. The molecule has 4 heteroatoms. The van der Waals surface area contributed by atoms with Crippen LogP contribution in [0.15, 0.2) is 18.2 Å². The van der Waals surface area contributed by atoms with E-state index in [-0.39, 0.29) is 5.82 Å². The fourth-order valence-corrected chi connectivity index (χ4v) is 2.15. The molecule has 0 radical (unpaired) electrons. The third-order valence-electron chi connectivity index (χ3n) is 3.20. The monoisotopic (exact) mass is 296 g/mol. The van der Waals surface area contributed by atoms with Gasteiger partial charge in [-0.05, 0) is 37.0 Å².